The summed E-state index contributed by atoms with van der Waals surface area (Å²) < 4.78 is 44.4. The van der Waals surface area contributed by atoms with E-state index >= 15 is 0 Å². The maximum absolute atomic E-state index is 14.5. The predicted molar refractivity (Wildman–Crippen MR) is 104 cm³/mol. The number of carbonyl (C=O) groups is 1. The summed E-state index contributed by atoms with van der Waals surface area (Å²) in [5.74, 6) is -0.217. The number of carbonyl (C=O) groups excluding carboxylic acids is 1. The van der Waals surface area contributed by atoms with Crippen molar-refractivity contribution in [2.45, 2.75) is 26.4 Å². The average Bonchev–Trinajstić information content (AvgIpc) is 2.67. The van der Waals surface area contributed by atoms with Crippen LogP contribution in [0.5, 0.6) is 11.5 Å². The van der Waals surface area contributed by atoms with Gasteiger partial charge in [0.15, 0.2) is 0 Å². The van der Waals surface area contributed by atoms with Crippen molar-refractivity contribution < 1.29 is 32.9 Å². The van der Waals surface area contributed by atoms with Crippen molar-refractivity contribution in [2.75, 3.05) is 19.8 Å². The molecular formula is C22H24F2O5. The van der Waals surface area contributed by atoms with Gasteiger partial charge in [0.1, 0.15) is 18.1 Å². The lowest BCUT2D eigenvalue weighted by Crippen LogP contribution is -2.22. The normalized spacial score (nSPS) is 11.1. The Morgan fingerprint density at radius 3 is 2.45 bits per heavy atom. The zero-order valence-electron chi connectivity index (χ0n) is 16.4. The van der Waals surface area contributed by atoms with E-state index in [1.54, 1.807) is 19.1 Å². The Hall–Kier alpha value is -2.93. The number of hydrogen-bond acceptors (Lipinski definition) is 5. The Morgan fingerprint density at radius 1 is 1.14 bits per heavy atom. The van der Waals surface area contributed by atoms with Gasteiger partial charge in [-0.2, -0.15) is 8.78 Å². The van der Waals surface area contributed by atoms with Crippen molar-refractivity contribution >= 4 is 5.97 Å². The first-order chi connectivity index (χ1) is 13.7. The highest BCUT2D eigenvalue weighted by Gasteiger charge is 2.34. The largest absolute Gasteiger partial charge is 0.491 e. The van der Waals surface area contributed by atoms with E-state index in [-0.39, 0.29) is 43.1 Å². The van der Waals surface area contributed by atoms with Gasteiger partial charge >= 0.3 is 12.1 Å². The number of aryl methyl sites for hydroxylation is 1. The molecule has 2 aromatic rings. The van der Waals surface area contributed by atoms with Gasteiger partial charge in [-0.3, -0.25) is 0 Å². The van der Waals surface area contributed by atoms with Crippen LogP contribution >= 0.6 is 0 Å². The second kappa shape index (κ2) is 10.0. The topological polar surface area (TPSA) is 65.0 Å². The lowest BCUT2D eigenvalue weighted by molar-refractivity contribution is -0.185. The second-order valence-corrected chi connectivity index (χ2v) is 6.49. The van der Waals surface area contributed by atoms with Gasteiger partial charge in [0.2, 0.25) is 0 Å². The molecule has 0 radical (unpaired) electrons. The molecule has 0 saturated heterocycles. The van der Waals surface area contributed by atoms with Gasteiger partial charge in [0, 0.05) is 17.6 Å². The number of benzene rings is 2. The molecule has 0 fully saturated rings. The van der Waals surface area contributed by atoms with E-state index in [1.807, 2.05) is 0 Å². The smallest absolute Gasteiger partial charge is 0.426 e. The predicted octanol–water partition coefficient (Wildman–Crippen LogP) is 4.16. The summed E-state index contributed by atoms with van der Waals surface area (Å²) in [6.45, 7) is 6.68. The van der Waals surface area contributed by atoms with E-state index in [4.69, 9.17) is 19.3 Å². The van der Waals surface area contributed by atoms with Crippen molar-refractivity contribution in [2.24, 2.45) is 0 Å². The third kappa shape index (κ3) is 6.57. The van der Waals surface area contributed by atoms with Gasteiger partial charge < -0.3 is 19.3 Å². The number of ether oxygens (including phenoxy) is 3. The van der Waals surface area contributed by atoms with Gasteiger partial charge in [-0.25, -0.2) is 4.79 Å². The third-order valence-electron chi connectivity index (χ3n) is 3.97. The van der Waals surface area contributed by atoms with Crippen molar-refractivity contribution in [1.82, 2.24) is 0 Å². The molecule has 0 atom stereocenters. The molecule has 29 heavy (non-hydrogen) atoms. The minimum atomic E-state index is -3.52. The third-order valence-corrected chi connectivity index (χ3v) is 3.97. The molecule has 0 aliphatic heterocycles. The van der Waals surface area contributed by atoms with E-state index in [2.05, 4.69) is 6.58 Å². The minimum Gasteiger partial charge on any atom is -0.491 e. The highest BCUT2D eigenvalue weighted by atomic mass is 19.3. The number of alkyl halides is 2. The molecule has 5 nitrogen and oxygen atoms in total. The molecule has 0 amide bonds. The maximum atomic E-state index is 14.5. The van der Waals surface area contributed by atoms with E-state index in [0.717, 1.165) is 5.56 Å². The Morgan fingerprint density at radius 2 is 1.83 bits per heavy atom. The van der Waals surface area contributed by atoms with E-state index < -0.39 is 12.1 Å². The van der Waals surface area contributed by atoms with E-state index in [0.29, 0.717) is 11.3 Å². The molecule has 0 aliphatic rings. The Bertz CT molecular complexity index is 847. The fraction of sp³-hybridized carbons (Fsp3) is 0.318. The molecule has 0 aliphatic carbocycles. The van der Waals surface area contributed by atoms with Crippen LogP contribution in [0.25, 0.3) is 0 Å². The quantitative estimate of drug-likeness (QED) is 0.474. The summed E-state index contributed by atoms with van der Waals surface area (Å²) in [4.78, 5) is 11.5. The Labute approximate surface area is 168 Å². The fourth-order valence-electron chi connectivity index (χ4n) is 2.44. The second-order valence-electron chi connectivity index (χ2n) is 6.49. The standard InChI is InChI=1S/C22H24F2O5/c1-15(2)21(26)28-12-10-17-14-19(8-9-20(17)27-13-11-25)29-22(23,24)18-6-4-16(3)5-7-18/h4-9,14,25H,1,10-13H2,2-3H3. The first kappa shape index (κ1) is 22.4. The molecule has 7 heteroatoms. The number of aliphatic hydroxyl groups excluding tert-OH is 1. The zero-order valence-corrected chi connectivity index (χ0v) is 16.4. The Kier molecular flexibility index (Phi) is 7.73. The van der Waals surface area contributed by atoms with Crippen LogP contribution in [0.1, 0.15) is 23.6 Å². The summed E-state index contributed by atoms with van der Waals surface area (Å²) in [5, 5.41) is 8.95. The summed E-state index contributed by atoms with van der Waals surface area (Å²) in [6.07, 6.45) is -3.31. The van der Waals surface area contributed by atoms with Crippen LogP contribution in [0.4, 0.5) is 8.78 Å². The van der Waals surface area contributed by atoms with Crippen LogP contribution in [0.3, 0.4) is 0 Å². The summed E-state index contributed by atoms with van der Waals surface area (Å²) in [6, 6.07) is 10.0. The monoisotopic (exact) mass is 406 g/mol. The molecule has 0 saturated carbocycles. The summed E-state index contributed by atoms with van der Waals surface area (Å²) >= 11 is 0. The zero-order chi connectivity index (χ0) is 21.4. The molecule has 2 rings (SSSR count). The molecule has 2 aromatic carbocycles. The Balaban J connectivity index is 2.18. The van der Waals surface area contributed by atoms with Gasteiger partial charge in [0.05, 0.1) is 18.8 Å². The van der Waals surface area contributed by atoms with Crippen LogP contribution in [-0.4, -0.2) is 30.9 Å². The lowest BCUT2D eigenvalue weighted by atomic mass is 10.1. The van der Waals surface area contributed by atoms with E-state index in [9.17, 15) is 13.6 Å². The fourth-order valence-corrected chi connectivity index (χ4v) is 2.44. The molecule has 0 aromatic heterocycles. The van der Waals surface area contributed by atoms with Gasteiger partial charge in [0.25, 0.3) is 0 Å². The highest BCUT2D eigenvalue weighted by Crippen LogP contribution is 2.34. The van der Waals surface area contributed by atoms with Crippen molar-refractivity contribution in [3.63, 3.8) is 0 Å². The van der Waals surface area contributed by atoms with Gasteiger partial charge in [-0.15, -0.1) is 0 Å². The average molecular weight is 406 g/mol. The van der Waals surface area contributed by atoms with Crippen LogP contribution in [0.2, 0.25) is 0 Å². The first-order valence-electron chi connectivity index (χ1n) is 9.06. The maximum Gasteiger partial charge on any atom is 0.426 e. The molecule has 0 spiro atoms. The van der Waals surface area contributed by atoms with Crippen LogP contribution in [-0.2, 0) is 22.1 Å². The minimum absolute atomic E-state index is 0.0129. The summed E-state index contributed by atoms with van der Waals surface area (Å²) in [7, 11) is 0. The van der Waals surface area contributed by atoms with Gasteiger partial charge in [-0.1, -0.05) is 24.3 Å². The molecule has 0 heterocycles. The molecular weight excluding hydrogens is 382 g/mol. The van der Waals surface area contributed by atoms with Crippen LogP contribution < -0.4 is 9.47 Å². The van der Waals surface area contributed by atoms with Crippen molar-refractivity contribution in [1.29, 1.82) is 0 Å². The molecule has 0 unspecified atom stereocenters. The van der Waals surface area contributed by atoms with Crippen LogP contribution in [0.15, 0.2) is 54.6 Å². The number of halogens is 2. The van der Waals surface area contributed by atoms with Gasteiger partial charge in [-0.05, 0) is 44.2 Å². The molecule has 156 valence electrons. The summed E-state index contributed by atoms with van der Waals surface area (Å²) in [5.41, 5.74) is 1.36. The molecule has 0 bridgehead atoms. The van der Waals surface area contributed by atoms with Crippen molar-refractivity contribution in [3.05, 3.63) is 71.3 Å². The SMILES string of the molecule is C=C(C)C(=O)OCCc1cc(OC(F)(F)c2ccc(C)cc2)ccc1OCCO. The highest BCUT2D eigenvalue weighted by molar-refractivity contribution is 5.86. The van der Waals surface area contributed by atoms with E-state index in [1.165, 1.54) is 37.3 Å². The lowest BCUT2D eigenvalue weighted by Gasteiger charge is -2.20. The molecule has 1 N–H and O–H groups in total. The van der Waals surface area contributed by atoms with Crippen molar-refractivity contribution in [3.8, 4) is 11.5 Å². The van der Waals surface area contributed by atoms with Crippen LogP contribution in [0, 0.1) is 6.92 Å². The number of rotatable bonds is 10. The number of aliphatic hydroxyl groups is 1. The first-order valence-corrected chi connectivity index (χ1v) is 9.06. The number of esters is 1. The number of hydrogen-bond donors (Lipinski definition) is 1.